The molecule has 0 aromatic heterocycles. The maximum Gasteiger partial charge on any atom is 0.220 e. The van der Waals surface area contributed by atoms with Gasteiger partial charge in [-0.1, -0.05) is 42.5 Å². The van der Waals surface area contributed by atoms with Gasteiger partial charge in [-0.2, -0.15) is 0 Å². The molecule has 0 spiro atoms. The zero-order chi connectivity index (χ0) is 14.4. The average molecular weight is 271 g/mol. The third-order valence-electron chi connectivity index (χ3n) is 3.23. The SMILES string of the molecule is C[C@H](NC(=O)CCc1ccc(F)cc1)c1ccccc1. The average Bonchev–Trinajstić information content (AvgIpc) is 2.47. The van der Waals surface area contributed by atoms with Crippen LogP contribution in [-0.2, 0) is 11.2 Å². The lowest BCUT2D eigenvalue weighted by Crippen LogP contribution is -2.26. The van der Waals surface area contributed by atoms with Crippen LogP contribution < -0.4 is 5.32 Å². The first kappa shape index (κ1) is 14.3. The maximum atomic E-state index is 12.8. The normalized spacial score (nSPS) is 11.9. The van der Waals surface area contributed by atoms with Crippen LogP contribution in [0.5, 0.6) is 0 Å². The molecular weight excluding hydrogens is 253 g/mol. The van der Waals surface area contributed by atoms with Crippen LogP contribution in [0.25, 0.3) is 0 Å². The first-order chi connectivity index (χ1) is 9.65. The highest BCUT2D eigenvalue weighted by Crippen LogP contribution is 2.12. The number of aryl methyl sites for hydroxylation is 1. The summed E-state index contributed by atoms with van der Waals surface area (Å²) in [7, 11) is 0. The summed E-state index contributed by atoms with van der Waals surface area (Å²) in [4.78, 5) is 11.9. The Morgan fingerprint density at radius 1 is 1.10 bits per heavy atom. The highest BCUT2D eigenvalue weighted by Gasteiger charge is 2.09. The van der Waals surface area contributed by atoms with Gasteiger partial charge in [0.25, 0.3) is 0 Å². The van der Waals surface area contributed by atoms with Gasteiger partial charge in [-0.25, -0.2) is 4.39 Å². The molecule has 0 bridgehead atoms. The Balaban J connectivity index is 1.82. The van der Waals surface area contributed by atoms with Crippen molar-refractivity contribution in [3.63, 3.8) is 0 Å². The smallest absolute Gasteiger partial charge is 0.220 e. The van der Waals surface area contributed by atoms with Crippen LogP contribution >= 0.6 is 0 Å². The van der Waals surface area contributed by atoms with Crippen molar-refractivity contribution in [1.29, 1.82) is 0 Å². The third-order valence-corrected chi connectivity index (χ3v) is 3.23. The fraction of sp³-hybridized carbons (Fsp3) is 0.235. The van der Waals surface area contributed by atoms with Gasteiger partial charge in [0.1, 0.15) is 5.82 Å². The highest BCUT2D eigenvalue weighted by atomic mass is 19.1. The number of nitrogens with one attached hydrogen (secondary N) is 1. The van der Waals surface area contributed by atoms with Gasteiger partial charge in [-0.15, -0.1) is 0 Å². The lowest BCUT2D eigenvalue weighted by molar-refractivity contribution is -0.121. The van der Waals surface area contributed by atoms with Gasteiger partial charge in [0, 0.05) is 6.42 Å². The fourth-order valence-electron chi connectivity index (χ4n) is 2.05. The molecule has 0 saturated carbocycles. The first-order valence-corrected chi connectivity index (χ1v) is 6.74. The summed E-state index contributed by atoms with van der Waals surface area (Å²) in [5, 5.41) is 2.96. The predicted octanol–water partition coefficient (Wildman–Crippen LogP) is 3.64. The Hall–Kier alpha value is -2.16. The van der Waals surface area contributed by atoms with Crippen LogP contribution in [0, 0.1) is 5.82 Å². The summed E-state index contributed by atoms with van der Waals surface area (Å²) in [6, 6.07) is 16.1. The second-order valence-corrected chi connectivity index (χ2v) is 4.83. The molecule has 20 heavy (non-hydrogen) atoms. The zero-order valence-electron chi connectivity index (χ0n) is 11.5. The molecule has 0 saturated heterocycles. The van der Waals surface area contributed by atoms with E-state index in [1.54, 1.807) is 12.1 Å². The van der Waals surface area contributed by atoms with Crippen molar-refractivity contribution < 1.29 is 9.18 Å². The van der Waals surface area contributed by atoms with Crippen LogP contribution in [-0.4, -0.2) is 5.91 Å². The van der Waals surface area contributed by atoms with Crippen LogP contribution in [0.15, 0.2) is 54.6 Å². The summed E-state index contributed by atoms with van der Waals surface area (Å²) in [5.41, 5.74) is 2.05. The molecule has 2 nitrogen and oxygen atoms in total. The van der Waals surface area contributed by atoms with Crippen molar-refractivity contribution >= 4 is 5.91 Å². The highest BCUT2D eigenvalue weighted by molar-refractivity contribution is 5.76. The second-order valence-electron chi connectivity index (χ2n) is 4.83. The molecule has 2 rings (SSSR count). The molecule has 1 N–H and O–H groups in total. The zero-order valence-corrected chi connectivity index (χ0v) is 11.5. The molecule has 2 aromatic rings. The van der Waals surface area contributed by atoms with E-state index in [-0.39, 0.29) is 17.8 Å². The number of halogens is 1. The number of benzene rings is 2. The summed E-state index contributed by atoms with van der Waals surface area (Å²) in [6.45, 7) is 1.96. The van der Waals surface area contributed by atoms with Crippen molar-refractivity contribution in [1.82, 2.24) is 5.32 Å². The first-order valence-electron chi connectivity index (χ1n) is 6.74. The van der Waals surface area contributed by atoms with Crippen molar-refractivity contribution in [2.75, 3.05) is 0 Å². The Morgan fingerprint density at radius 3 is 2.40 bits per heavy atom. The molecule has 3 heteroatoms. The molecular formula is C17H18FNO. The van der Waals surface area contributed by atoms with Gasteiger partial charge in [0.05, 0.1) is 6.04 Å². The molecule has 0 heterocycles. The van der Waals surface area contributed by atoms with Crippen molar-refractivity contribution in [2.24, 2.45) is 0 Å². The van der Waals surface area contributed by atoms with Gasteiger partial charge in [-0.05, 0) is 36.6 Å². The van der Waals surface area contributed by atoms with Gasteiger partial charge in [0.15, 0.2) is 0 Å². The molecule has 0 aliphatic heterocycles. The quantitative estimate of drug-likeness (QED) is 0.884. The molecule has 0 aliphatic carbocycles. The van der Waals surface area contributed by atoms with Gasteiger partial charge >= 0.3 is 0 Å². The van der Waals surface area contributed by atoms with E-state index in [4.69, 9.17) is 0 Å². The maximum absolute atomic E-state index is 12.8. The number of carbonyl (C=O) groups excluding carboxylic acids is 1. The predicted molar refractivity (Wildman–Crippen MR) is 77.7 cm³/mol. The summed E-state index contributed by atoms with van der Waals surface area (Å²) >= 11 is 0. The molecule has 2 aromatic carbocycles. The van der Waals surface area contributed by atoms with Crippen LogP contribution in [0.1, 0.15) is 30.5 Å². The van der Waals surface area contributed by atoms with Crippen LogP contribution in [0.4, 0.5) is 4.39 Å². The summed E-state index contributed by atoms with van der Waals surface area (Å²) < 4.78 is 12.8. The minimum absolute atomic E-state index is 0.00285. The topological polar surface area (TPSA) is 29.1 Å². The van der Waals surface area contributed by atoms with Gasteiger partial charge in [0.2, 0.25) is 5.91 Å². The van der Waals surface area contributed by atoms with Gasteiger partial charge in [-0.3, -0.25) is 4.79 Å². The van der Waals surface area contributed by atoms with Crippen molar-refractivity contribution in [3.05, 3.63) is 71.5 Å². The van der Waals surface area contributed by atoms with E-state index in [1.807, 2.05) is 37.3 Å². The number of carbonyl (C=O) groups is 1. The minimum atomic E-state index is -0.254. The van der Waals surface area contributed by atoms with Crippen molar-refractivity contribution in [2.45, 2.75) is 25.8 Å². The Bertz CT molecular complexity index is 551. The van der Waals surface area contributed by atoms with E-state index < -0.39 is 0 Å². The monoisotopic (exact) mass is 271 g/mol. The molecule has 0 unspecified atom stereocenters. The second kappa shape index (κ2) is 6.85. The number of hydrogen-bond donors (Lipinski definition) is 1. The Labute approximate surface area is 118 Å². The molecule has 1 amide bonds. The standard InChI is InChI=1S/C17H18FNO/c1-13(15-5-3-2-4-6-15)19-17(20)12-9-14-7-10-16(18)11-8-14/h2-8,10-11,13H,9,12H2,1H3,(H,19,20)/t13-/m0/s1. The van der Waals surface area contributed by atoms with E-state index in [0.717, 1.165) is 11.1 Å². The van der Waals surface area contributed by atoms with Crippen LogP contribution in [0.3, 0.4) is 0 Å². The van der Waals surface area contributed by atoms with Crippen LogP contribution in [0.2, 0.25) is 0 Å². The summed E-state index contributed by atoms with van der Waals surface area (Å²) in [6.07, 6.45) is 1.02. The molecule has 1 atom stereocenters. The third kappa shape index (κ3) is 4.19. The Kier molecular flexibility index (Phi) is 4.88. The van der Waals surface area contributed by atoms with Gasteiger partial charge < -0.3 is 5.32 Å². The molecule has 0 aliphatic rings. The minimum Gasteiger partial charge on any atom is -0.350 e. The summed E-state index contributed by atoms with van der Waals surface area (Å²) in [5.74, 6) is -0.249. The van der Waals surface area contributed by atoms with E-state index in [2.05, 4.69) is 5.32 Å². The number of hydrogen-bond acceptors (Lipinski definition) is 1. The van der Waals surface area contributed by atoms with Crippen molar-refractivity contribution in [3.8, 4) is 0 Å². The Morgan fingerprint density at radius 2 is 1.75 bits per heavy atom. The molecule has 0 radical (unpaired) electrons. The van der Waals surface area contributed by atoms with E-state index in [1.165, 1.54) is 12.1 Å². The lowest BCUT2D eigenvalue weighted by Gasteiger charge is -2.14. The van der Waals surface area contributed by atoms with E-state index in [0.29, 0.717) is 12.8 Å². The van der Waals surface area contributed by atoms with E-state index in [9.17, 15) is 9.18 Å². The van der Waals surface area contributed by atoms with E-state index >= 15 is 0 Å². The fourth-order valence-corrected chi connectivity index (χ4v) is 2.05. The number of rotatable bonds is 5. The lowest BCUT2D eigenvalue weighted by atomic mass is 10.1. The molecule has 0 fully saturated rings. The molecule has 104 valence electrons. The largest absolute Gasteiger partial charge is 0.350 e. The number of amides is 1.